The minimum atomic E-state index is -0.438. The Morgan fingerprint density at radius 3 is 2.62 bits per heavy atom. The van der Waals surface area contributed by atoms with Crippen LogP contribution in [0.3, 0.4) is 0 Å². The van der Waals surface area contributed by atoms with E-state index in [4.69, 9.17) is 5.26 Å². The van der Waals surface area contributed by atoms with Gasteiger partial charge in [-0.15, -0.1) is 0 Å². The summed E-state index contributed by atoms with van der Waals surface area (Å²) in [6.45, 7) is 1.55. The van der Waals surface area contributed by atoms with Crippen molar-refractivity contribution in [1.82, 2.24) is 0 Å². The molecule has 0 heterocycles. The second-order valence-corrected chi connectivity index (χ2v) is 5.14. The van der Waals surface area contributed by atoms with Crippen molar-refractivity contribution in [3.05, 3.63) is 59.9 Å². The van der Waals surface area contributed by atoms with E-state index in [1.165, 1.54) is 30.0 Å². The SMILES string of the molecule is CC(=O)N(CCC(=O)Nc1cccc(F)c1)c1cccc(C#N)c1. The third kappa shape index (κ3) is 4.65. The van der Waals surface area contributed by atoms with Crippen LogP contribution < -0.4 is 10.2 Å². The number of carbonyl (C=O) groups excluding carboxylic acids is 2. The minimum absolute atomic E-state index is 0.0485. The molecule has 0 aliphatic heterocycles. The Morgan fingerprint density at radius 2 is 1.96 bits per heavy atom. The molecular formula is C18H16FN3O2. The number of halogens is 1. The number of hydrogen-bond donors (Lipinski definition) is 1. The first-order valence-corrected chi connectivity index (χ1v) is 7.33. The summed E-state index contributed by atoms with van der Waals surface area (Å²) in [6.07, 6.45) is 0.0485. The molecule has 24 heavy (non-hydrogen) atoms. The van der Waals surface area contributed by atoms with Crippen LogP contribution in [0.4, 0.5) is 15.8 Å². The van der Waals surface area contributed by atoms with E-state index in [2.05, 4.69) is 5.32 Å². The second kappa shape index (κ2) is 7.88. The molecule has 2 amide bonds. The van der Waals surface area contributed by atoms with E-state index < -0.39 is 5.82 Å². The largest absolute Gasteiger partial charge is 0.326 e. The number of nitriles is 1. The zero-order chi connectivity index (χ0) is 17.5. The molecule has 0 saturated carbocycles. The number of nitrogens with zero attached hydrogens (tertiary/aromatic N) is 2. The Balaban J connectivity index is 2.02. The van der Waals surface area contributed by atoms with Gasteiger partial charge in [-0.05, 0) is 36.4 Å². The molecule has 2 aromatic carbocycles. The first-order valence-electron chi connectivity index (χ1n) is 7.33. The maximum Gasteiger partial charge on any atom is 0.226 e. The van der Waals surface area contributed by atoms with Crippen LogP contribution in [0.2, 0.25) is 0 Å². The number of rotatable bonds is 5. The van der Waals surface area contributed by atoms with Gasteiger partial charge in [0.15, 0.2) is 0 Å². The van der Waals surface area contributed by atoms with Gasteiger partial charge in [0.1, 0.15) is 5.82 Å². The Kier molecular flexibility index (Phi) is 5.63. The lowest BCUT2D eigenvalue weighted by Crippen LogP contribution is -2.32. The molecule has 122 valence electrons. The molecule has 0 aliphatic rings. The monoisotopic (exact) mass is 325 g/mol. The third-order valence-corrected chi connectivity index (χ3v) is 3.34. The van der Waals surface area contributed by atoms with Gasteiger partial charge < -0.3 is 10.2 Å². The molecule has 2 aromatic rings. The first kappa shape index (κ1) is 17.2. The van der Waals surface area contributed by atoms with Gasteiger partial charge in [0.25, 0.3) is 0 Å². The van der Waals surface area contributed by atoms with E-state index in [0.717, 1.165) is 0 Å². The highest BCUT2D eigenvalue weighted by Gasteiger charge is 2.14. The van der Waals surface area contributed by atoms with Gasteiger partial charge in [-0.3, -0.25) is 9.59 Å². The van der Waals surface area contributed by atoms with E-state index >= 15 is 0 Å². The van der Waals surface area contributed by atoms with Gasteiger partial charge in [-0.1, -0.05) is 12.1 Å². The Labute approximate surface area is 139 Å². The van der Waals surface area contributed by atoms with Crippen molar-refractivity contribution < 1.29 is 14.0 Å². The van der Waals surface area contributed by atoms with Crippen molar-refractivity contribution in [2.45, 2.75) is 13.3 Å². The Bertz CT molecular complexity index is 799. The lowest BCUT2D eigenvalue weighted by atomic mass is 10.2. The lowest BCUT2D eigenvalue weighted by Gasteiger charge is -2.21. The Morgan fingerprint density at radius 1 is 1.21 bits per heavy atom. The minimum Gasteiger partial charge on any atom is -0.326 e. The zero-order valence-corrected chi connectivity index (χ0v) is 13.1. The first-order chi connectivity index (χ1) is 11.5. The number of nitrogens with one attached hydrogen (secondary N) is 1. The lowest BCUT2D eigenvalue weighted by molar-refractivity contribution is -0.117. The number of hydrogen-bond acceptors (Lipinski definition) is 3. The quantitative estimate of drug-likeness (QED) is 0.918. The van der Waals surface area contributed by atoms with Crippen LogP contribution in [-0.2, 0) is 9.59 Å². The van der Waals surface area contributed by atoms with E-state index in [0.29, 0.717) is 16.9 Å². The third-order valence-electron chi connectivity index (χ3n) is 3.34. The standard InChI is InChI=1S/C18H16FN3O2/c1-13(23)22(17-7-2-4-14(10-17)12-20)9-8-18(24)21-16-6-3-5-15(19)11-16/h2-7,10-11H,8-9H2,1H3,(H,21,24). The highest BCUT2D eigenvalue weighted by atomic mass is 19.1. The van der Waals surface area contributed by atoms with Gasteiger partial charge in [0, 0.05) is 31.3 Å². The summed E-state index contributed by atoms with van der Waals surface area (Å²) in [7, 11) is 0. The van der Waals surface area contributed by atoms with Crippen LogP contribution >= 0.6 is 0 Å². The number of carbonyl (C=O) groups is 2. The van der Waals surface area contributed by atoms with Gasteiger partial charge in [-0.25, -0.2) is 4.39 Å². The molecule has 0 fully saturated rings. The predicted octanol–water partition coefficient (Wildman–Crippen LogP) is 3.08. The molecular weight excluding hydrogens is 309 g/mol. The summed E-state index contributed by atoms with van der Waals surface area (Å²) in [5.74, 6) is -1.00. The summed E-state index contributed by atoms with van der Waals surface area (Å²) in [5.41, 5.74) is 1.35. The summed E-state index contributed by atoms with van der Waals surface area (Å²) in [6, 6.07) is 14.2. The average Bonchev–Trinajstić information content (AvgIpc) is 2.55. The predicted molar refractivity (Wildman–Crippen MR) is 88.8 cm³/mol. The average molecular weight is 325 g/mol. The van der Waals surface area contributed by atoms with Crippen LogP contribution in [0.1, 0.15) is 18.9 Å². The molecule has 0 aliphatic carbocycles. The topological polar surface area (TPSA) is 73.2 Å². The van der Waals surface area contributed by atoms with Crippen molar-refractivity contribution in [2.24, 2.45) is 0 Å². The molecule has 0 atom stereocenters. The maximum atomic E-state index is 13.1. The number of anilines is 2. The molecule has 0 bridgehead atoms. The van der Waals surface area contributed by atoms with Crippen molar-refractivity contribution in [1.29, 1.82) is 5.26 Å². The van der Waals surface area contributed by atoms with Crippen molar-refractivity contribution >= 4 is 23.2 Å². The van der Waals surface area contributed by atoms with Crippen LogP contribution in [0.25, 0.3) is 0 Å². The van der Waals surface area contributed by atoms with E-state index in [9.17, 15) is 14.0 Å². The normalized spacial score (nSPS) is 9.88. The molecule has 0 radical (unpaired) electrons. The number of benzene rings is 2. The number of amides is 2. The summed E-state index contributed by atoms with van der Waals surface area (Å²) >= 11 is 0. The summed E-state index contributed by atoms with van der Waals surface area (Å²) in [4.78, 5) is 25.2. The smallest absolute Gasteiger partial charge is 0.226 e. The van der Waals surface area contributed by atoms with Crippen molar-refractivity contribution in [3.8, 4) is 6.07 Å². The Hall–Kier alpha value is -3.20. The molecule has 0 saturated heterocycles. The molecule has 6 heteroatoms. The molecule has 1 N–H and O–H groups in total. The fourth-order valence-corrected chi connectivity index (χ4v) is 2.21. The second-order valence-electron chi connectivity index (χ2n) is 5.14. The van der Waals surface area contributed by atoms with Crippen LogP contribution in [-0.4, -0.2) is 18.4 Å². The van der Waals surface area contributed by atoms with Crippen molar-refractivity contribution in [3.63, 3.8) is 0 Å². The zero-order valence-electron chi connectivity index (χ0n) is 13.1. The molecule has 2 rings (SSSR count). The molecule has 0 aromatic heterocycles. The highest BCUT2D eigenvalue weighted by Crippen LogP contribution is 2.17. The molecule has 0 spiro atoms. The highest BCUT2D eigenvalue weighted by molar-refractivity contribution is 5.94. The van der Waals surface area contributed by atoms with E-state index in [-0.39, 0.29) is 24.8 Å². The molecule has 0 unspecified atom stereocenters. The van der Waals surface area contributed by atoms with Gasteiger partial charge in [0.2, 0.25) is 11.8 Å². The van der Waals surface area contributed by atoms with Crippen LogP contribution in [0.5, 0.6) is 0 Å². The van der Waals surface area contributed by atoms with E-state index in [1.807, 2.05) is 6.07 Å². The summed E-state index contributed by atoms with van der Waals surface area (Å²) in [5, 5.41) is 11.5. The van der Waals surface area contributed by atoms with Gasteiger partial charge >= 0.3 is 0 Å². The molecule has 5 nitrogen and oxygen atoms in total. The maximum absolute atomic E-state index is 13.1. The van der Waals surface area contributed by atoms with Crippen LogP contribution in [0, 0.1) is 17.1 Å². The van der Waals surface area contributed by atoms with Gasteiger partial charge in [0.05, 0.1) is 11.6 Å². The fraction of sp³-hybridized carbons (Fsp3) is 0.167. The summed E-state index contributed by atoms with van der Waals surface area (Å²) < 4.78 is 13.1. The fourth-order valence-electron chi connectivity index (χ4n) is 2.21. The van der Waals surface area contributed by atoms with Crippen LogP contribution in [0.15, 0.2) is 48.5 Å². The van der Waals surface area contributed by atoms with E-state index in [1.54, 1.807) is 30.3 Å². The van der Waals surface area contributed by atoms with Crippen molar-refractivity contribution in [2.75, 3.05) is 16.8 Å². The van der Waals surface area contributed by atoms with Gasteiger partial charge in [-0.2, -0.15) is 5.26 Å².